The molecule has 0 spiro atoms. The van der Waals surface area contributed by atoms with Crippen LogP contribution in [0.3, 0.4) is 0 Å². The van der Waals surface area contributed by atoms with E-state index in [9.17, 15) is 0 Å². The molecule has 1 heterocycles. The van der Waals surface area contributed by atoms with Gasteiger partial charge in [-0.25, -0.2) is 0 Å². The fourth-order valence-corrected chi connectivity index (χ4v) is 2.69. The molecule has 0 saturated heterocycles. The second kappa shape index (κ2) is 3.89. The predicted molar refractivity (Wildman–Crippen MR) is 59.3 cm³/mol. The van der Waals surface area contributed by atoms with Crippen molar-refractivity contribution in [3.8, 4) is 6.07 Å². The van der Waals surface area contributed by atoms with E-state index in [1.807, 2.05) is 6.07 Å². The van der Waals surface area contributed by atoms with Gasteiger partial charge < -0.3 is 11.1 Å². The lowest BCUT2D eigenvalue weighted by molar-refractivity contribution is 0.758. The van der Waals surface area contributed by atoms with Gasteiger partial charge in [-0.15, -0.1) is 11.3 Å². The highest BCUT2D eigenvalue weighted by molar-refractivity contribution is 7.17. The Morgan fingerprint density at radius 3 is 2.79 bits per heavy atom. The van der Waals surface area contributed by atoms with Crippen LogP contribution in [0.15, 0.2) is 6.07 Å². The zero-order valence-corrected chi connectivity index (χ0v) is 8.73. The summed E-state index contributed by atoms with van der Waals surface area (Å²) in [5, 5.41) is 13.2. The SMILES string of the molecule is N#Cc1sc(NC2CCCC2)cc1N. The van der Waals surface area contributed by atoms with Crippen LogP contribution < -0.4 is 11.1 Å². The van der Waals surface area contributed by atoms with Crippen LogP contribution in [0, 0.1) is 11.3 Å². The van der Waals surface area contributed by atoms with Crippen LogP contribution in [-0.4, -0.2) is 6.04 Å². The van der Waals surface area contributed by atoms with Crippen molar-refractivity contribution in [2.24, 2.45) is 0 Å². The summed E-state index contributed by atoms with van der Waals surface area (Å²) in [5.74, 6) is 0. The molecule has 0 aromatic carbocycles. The molecule has 1 aromatic rings. The Hall–Kier alpha value is -1.21. The van der Waals surface area contributed by atoms with Crippen molar-refractivity contribution >= 4 is 22.0 Å². The first-order chi connectivity index (χ1) is 6.79. The molecule has 0 bridgehead atoms. The fraction of sp³-hybridized carbons (Fsp3) is 0.500. The van der Waals surface area contributed by atoms with E-state index >= 15 is 0 Å². The minimum Gasteiger partial charge on any atom is -0.397 e. The number of nitriles is 1. The summed E-state index contributed by atoms with van der Waals surface area (Å²) in [6.45, 7) is 0. The zero-order chi connectivity index (χ0) is 9.97. The van der Waals surface area contributed by atoms with Crippen LogP contribution in [0.4, 0.5) is 10.7 Å². The van der Waals surface area contributed by atoms with Gasteiger partial charge in [-0.2, -0.15) is 5.26 Å². The first-order valence-corrected chi connectivity index (χ1v) is 5.67. The van der Waals surface area contributed by atoms with Gasteiger partial charge in [0, 0.05) is 6.04 Å². The third-order valence-corrected chi connectivity index (χ3v) is 3.55. The summed E-state index contributed by atoms with van der Waals surface area (Å²) in [6, 6.07) is 4.54. The summed E-state index contributed by atoms with van der Waals surface area (Å²) in [5.41, 5.74) is 6.27. The molecule has 74 valence electrons. The first-order valence-electron chi connectivity index (χ1n) is 4.85. The van der Waals surface area contributed by atoms with E-state index in [-0.39, 0.29) is 0 Å². The number of thiophene rings is 1. The number of nitrogens with two attached hydrogens (primary N) is 1. The molecule has 1 aliphatic carbocycles. The standard InChI is InChI=1S/C10H13N3S/c11-6-9-8(12)5-10(14-9)13-7-3-1-2-4-7/h5,7,13H,1-4,12H2. The van der Waals surface area contributed by atoms with Crippen LogP contribution in [-0.2, 0) is 0 Å². The zero-order valence-electron chi connectivity index (χ0n) is 7.92. The van der Waals surface area contributed by atoms with Gasteiger partial charge >= 0.3 is 0 Å². The van der Waals surface area contributed by atoms with Crippen molar-refractivity contribution in [2.75, 3.05) is 11.1 Å². The quantitative estimate of drug-likeness (QED) is 0.783. The van der Waals surface area contributed by atoms with Crippen molar-refractivity contribution < 1.29 is 0 Å². The molecule has 14 heavy (non-hydrogen) atoms. The van der Waals surface area contributed by atoms with Crippen molar-refractivity contribution in [1.82, 2.24) is 0 Å². The lowest BCUT2D eigenvalue weighted by atomic mass is 10.2. The first kappa shape index (κ1) is 9.35. The van der Waals surface area contributed by atoms with Gasteiger partial charge in [0.2, 0.25) is 0 Å². The Bertz CT molecular complexity index is 358. The summed E-state index contributed by atoms with van der Waals surface area (Å²) >= 11 is 1.45. The van der Waals surface area contributed by atoms with Crippen LogP contribution in [0.5, 0.6) is 0 Å². The number of hydrogen-bond donors (Lipinski definition) is 2. The number of nitrogen functional groups attached to an aromatic ring is 1. The van der Waals surface area contributed by atoms with E-state index in [1.165, 1.54) is 37.0 Å². The van der Waals surface area contributed by atoms with Crippen molar-refractivity contribution in [1.29, 1.82) is 5.26 Å². The minimum absolute atomic E-state index is 0.583. The molecule has 4 heteroatoms. The fourth-order valence-electron chi connectivity index (χ4n) is 1.83. The summed E-state index contributed by atoms with van der Waals surface area (Å²) < 4.78 is 0. The number of anilines is 2. The Balaban J connectivity index is 2.06. The molecular weight excluding hydrogens is 194 g/mol. The lowest BCUT2D eigenvalue weighted by Crippen LogP contribution is -2.13. The largest absolute Gasteiger partial charge is 0.397 e. The summed E-state index contributed by atoms with van der Waals surface area (Å²) in [6.07, 6.45) is 5.09. The van der Waals surface area contributed by atoms with Crippen LogP contribution in [0.1, 0.15) is 30.6 Å². The molecule has 1 saturated carbocycles. The maximum Gasteiger partial charge on any atom is 0.129 e. The smallest absolute Gasteiger partial charge is 0.129 e. The molecule has 3 nitrogen and oxygen atoms in total. The third-order valence-electron chi connectivity index (χ3n) is 2.56. The monoisotopic (exact) mass is 207 g/mol. The summed E-state index contributed by atoms with van der Waals surface area (Å²) in [7, 11) is 0. The molecule has 2 rings (SSSR count). The second-order valence-corrected chi connectivity index (χ2v) is 4.68. The highest BCUT2D eigenvalue weighted by Crippen LogP contribution is 2.31. The number of rotatable bonds is 2. The maximum absolute atomic E-state index is 8.75. The number of nitrogens with zero attached hydrogens (tertiary/aromatic N) is 1. The minimum atomic E-state index is 0.583. The van der Waals surface area contributed by atoms with Gasteiger partial charge in [0.25, 0.3) is 0 Å². The average molecular weight is 207 g/mol. The van der Waals surface area contributed by atoms with E-state index in [1.54, 1.807) is 0 Å². The van der Waals surface area contributed by atoms with Crippen molar-refractivity contribution in [3.05, 3.63) is 10.9 Å². The Kier molecular flexibility index (Phi) is 2.60. The Morgan fingerprint density at radius 2 is 2.21 bits per heavy atom. The number of hydrogen-bond acceptors (Lipinski definition) is 4. The summed E-state index contributed by atoms with van der Waals surface area (Å²) in [4.78, 5) is 0.616. The molecule has 1 fully saturated rings. The molecule has 1 aliphatic rings. The molecule has 0 radical (unpaired) electrons. The third kappa shape index (κ3) is 1.83. The predicted octanol–water partition coefficient (Wildman–Crippen LogP) is 2.56. The normalized spacial score (nSPS) is 16.8. The van der Waals surface area contributed by atoms with Gasteiger partial charge in [-0.3, -0.25) is 0 Å². The van der Waals surface area contributed by atoms with E-state index in [0.717, 1.165) is 5.00 Å². The molecule has 0 amide bonds. The van der Waals surface area contributed by atoms with Crippen LogP contribution in [0.2, 0.25) is 0 Å². The van der Waals surface area contributed by atoms with E-state index in [0.29, 0.717) is 16.6 Å². The maximum atomic E-state index is 8.75. The highest BCUT2D eigenvalue weighted by Gasteiger charge is 2.16. The Labute approximate surface area is 87.5 Å². The van der Waals surface area contributed by atoms with Gasteiger partial charge in [0.05, 0.1) is 10.7 Å². The van der Waals surface area contributed by atoms with Crippen LogP contribution in [0.25, 0.3) is 0 Å². The molecule has 0 unspecified atom stereocenters. The number of nitrogens with one attached hydrogen (secondary N) is 1. The lowest BCUT2D eigenvalue weighted by Gasteiger charge is -2.10. The Morgan fingerprint density at radius 1 is 1.50 bits per heavy atom. The van der Waals surface area contributed by atoms with Gasteiger partial charge in [0.1, 0.15) is 10.9 Å². The topological polar surface area (TPSA) is 61.8 Å². The second-order valence-electron chi connectivity index (χ2n) is 3.63. The average Bonchev–Trinajstić information content (AvgIpc) is 2.76. The highest BCUT2D eigenvalue weighted by atomic mass is 32.1. The van der Waals surface area contributed by atoms with Gasteiger partial charge in [-0.05, 0) is 18.9 Å². The molecule has 0 atom stereocenters. The molecular formula is C10H13N3S. The van der Waals surface area contributed by atoms with E-state index < -0.39 is 0 Å². The van der Waals surface area contributed by atoms with Gasteiger partial charge in [-0.1, -0.05) is 12.8 Å². The molecule has 3 N–H and O–H groups in total. The molecule has 0 aliphatic heterocycles. The van der Waals surface area contributed by atoms with Crippen molar-refractivity contribution in [3.63, 3.8) is 0 Å². The van der Waals surface area contributed by atoms with Crippen molar-refractivity contribution in [2.45, 2.75) is 31.7 Å². The van der Waals surface area contributed by atoms with Gasteiger partial charge in [0.15, 0.2) is 0 Å². The van der Waals surface area contributed by atoms with E-state index in [4.69, 9.17) is 11.0 Å². The molecule has 1 aromatic heterocycles. The van der Waals surface area contributed by atoms with Crippen LogP contribution >= 0.6 is 11.3 Å². The van der Waals surface area contributed by atoms with E-state index in [2.05, 4.69) is 11.4 Å².